The molecule has 1 heterocycles. The quantitative estimate of drug-likeness (QED) is 0.566. The molecular formula is C14H22N2O4S. The lowest BCUT2D eigenvalue weighted by atomic mass is 10.1. The van der Waals surface area contributed by atoms with Crippen LogP contribution >= 0.6 is 11.3 Å². The van der Waals surface area contributed by atoms with Crippen molar-refractivity contribution >= 4 is 33.8 Å². The van der Waals surface area contributed by atoms with Crippen molar-refractivity contribution in [1.29, 1.82) is 0 Å². The van der Waals surface area contributed by atoms with Gasteiger partial charge in [0.05, 0.1) is 23.8 Å². The summed E-state index contributed by atoms with van der Waals surface area (Å²) in [5, 5.41) is 3.70. The van der Waals surface area contributed by atoms with Crippen molar-refractivity contribution in [3.8, 4) is 0 Å². The SMILES string of the molecule is CCOC(=O)c1c(NC(C)COC)sc(C(=O)CC)c1N. The first-order valence-electron chi connectivity index (χ1n) is 6.84. The highest BCUT2D eigenvalue weighted by atomic mass is 32.1. The van der Waals surface area contributed by atoms with Crippen LogP contribution in [-0.2, 0) is 9.47 Å². The maximum absolute atomic E-state index is 12.1. The van der Waals surface area contributed by atoms with E-state index in [9.17, 15) is 9.59 Å². The van der Waals surface area contributed by atoms with Gasteiger partial charge in [-0.3, -0.25) is 4.79 Å². The summed E-state index contributed by atoms with van der Waals surface area (Å²) in [4.78, 5) is 24.4. The highest BCUT2D eigenvalue weighted by molar-refractivity contribution is 7.19. The van der Waals surface area contributed by atoms with Crippen LogP contribution in [0.25, 0.3) is 0 Å². The standard InChI is InChI=1S/C14H22N2O4S/c1-5-9(17)12-11(15)10(14(18)20-6-2)13(21-12)16-8(3)7-19-4/h8,16H,5-7,15H2,1-4H3. The molecule has 0 aromatic carbocycles. The van der Waals surface area contributed by atoms with E-state index < -0.39 is 5.97 Å². The van der Waals surface area contributed by atoms with E-state index in [1.54, 1.807) is 21.0 Å². The van der Waals surface area contributed by atoms with Crippen molar-refractivity contribution < 1.29 is 19.1 Å². The van der Waals surface area contributed by atoms with E-state index in [0.717, 1.165) is 0 Å². The number of nitrogens with one attached hydrogen (secondary N) is 1. The second kappa shape index (κ2) is 7.99. The zero-order valence-electron chi connectivity index (χ0n) is 12.8. The van der Waals surface area contributed by atoms with Gasteiger partial charge in [0.2, 0.25) is 0 Å². The lowest BCUT2D eigenvalue weighted by Gasteiger charge is -2.14. The number of carbonyl (C=O) groups is 2. The zero-order chi connectivity index (χ0) is 16.0. The lowest BCUT2D eigenvalue weighted by molar-refractivity contribution is 0.0529. The van der Waals surface area contributed by atoms with E-state index in [1.807, 2.05) is 6.92 Å². The minimum atomic E-state index is -0.520. The van der Waals surface area contributed by atoms with Gasteiger partial charge in [-0.25, -0.2) is 4.79 Å². The fourth-order valence-corrected chi connectivity index (χ4v) is 3.06. The fourth-order valence-electron chi connectivity index (χ4n) is 1.83. The molecule has 0 radical (unpaired) electrons. The Morgan fingerprint density at radius 2 is 2.05 bits per heavy atom. The van der Waals surface area contributed by atoms with Crippen LogP contribution in [0.15, 0.2) is 0 Å². The Morgan fingerprint density at radius 1 is 1.38 bits per heavy atom. The Bertz CT molecular complexity index is 513. The van der Waals surface area contributed by atoms with Crippen molar-refractivity contribution in [3.63, 3.8) is 0 Å². The third-order valence-electron chi connectivity index (χ3n) is 2.79. The average molecular weight is 314 g/mol. The molecule has 1 aromatic rings. The van der Waals surface area contributed by atoms with E-state index in [0.29, 0.717) is 22.9 Å². The highest BCUT2D eigenvalue weighted by Gasteiger charge is 2.26. The summed E-state index contributed by atoms with van der Waals surface area (Å²) in [7, 11) is 1.60. The summed E-state index contributed by atoms with van der Waals surface area (Å²) in [6, 6.07) is -0.0224. The average Bonchev–Trinajstić information content (AvgIpc) is 2.75. The number of nitrogen functional groups attached to an aromatic ring is 1. The van der Waals surface area contributed by atoms with Crippen LogP contribution < -0.4 is 11.1 Å². The van der Waals surface area contributed by atoms with Gasteiger partial charge in [-0.2, -0.15) is 0 Å². The smallest absolute Gasteiger partial charge is 0.343 e. The Labute approximate surface area is 128 Å². The molecule has 21 heavy (non-hydrogen) atoms. The molecule has 118 valence electrons. The first-order valence-corrected chi connectivity index (χ1v) is 7.65. The van der Waals surface area contributed by atoms with Gasteiger partial charge in [0.15, 0.2) is 5.78 Å². The number of hydrogen-bond acceptors (Lipinski definition) is 7. The summed E-state index contributed by atoms with van der Waals surface area (Å²) in [5.41, 5.74) is 6.41. The van der Waals surface area contributed by atoms with Gasteiger partial charge in [0.1, 0.15) is 10.6 Å². The maximum Gasteiger partial charge on any atom is 0.343 e. The molecule has 0 saturated carbocycles. The number of Topliss-reactive ketones (excluding diaryl/α,β-unsaturated/α-hetero) is 1. The molecule has 0 bridgehead atoms. The monoisotopic (exact) mass is 314 g/mol. The number of esters is 1. The molecule has 0 aliphatic heterocycles. The van der Waals surface area contributed by atoms with E-state index in [2.05, 4.69) is 5.32 Å². The zero-order valence-corrected chi connectivity index (χ0v) is 13.6. The molecule has 0 saturated heterocycles. The van der Waals surface area contributed by atoms with E-state index in [-0.39, 0.29) is 29.7 Å². The summed E-state index contributed by atoms with van der Waals surface area (Å²) in [6.45, 7) is 6.11. The molecule has 0 amide bonds. The van der Waals surface area contributed by atoms with E-state index in [4.69, 9.17) is 15.2 Å². The predicted molar refractivity (Wildman–Crippen MR) is 84.3 cm³/mol. The lowest BCUT2D eigenvalue weighted by Crippen LogP contribution is -2.21. The van der Waals surface area contributed by atoms with Crippen molar-refractivity contribution in [3.05, 3.63) is 10.4 Å². The maximum atomic E-state index is 12.1. The number of hydrogen-bond donors (Lipinski definition) is 2. The molecule has 0 aliphatic rings. The Morgan fingerprint density at radius 3 is 2.57 bits per heavy atom. The van der Waals surface area contributed by atoms with Crippen LogP contribution in [0.4, 0.5) is 10.7 Å². The third-order valence-corrected chi connectivity index (χ3v) is 3.97. The summed E-state index contributed by atoms with van der Waals surface area (Å²) in [5.74, 6) is -0.607. The van der Waals surface area contributed by atoms with Crippen molar-refractivity contribution in [2.75, 3.05) is 31.4 Å². The molecule has 0 fully saturated rings. The molecule has 0 spiro atoms. The Hall–Kier alpha value is -1.60. The van der Waals surface area contributed by atoms with Gasteiger partial charge in [-0.1, -0.05) is 6.92 Å². The van der Waals surface area contributed by atoms with Crippen molar-refractivity contribution in [2.24, 2.45) is 0 Å². The molecule has 1 atom stereocenters. The largest absolute Gasteiger partial charge is 0.462 e. The van der Waals surface area contributed by atoms with Gasteiger partial charge < -0.3 is 20.5 Å². The predicted octanol–water partition coefficient (Wildman–Crippen LogP) is 2.55. The van der Waals surface area contributed by atoms with Gasteiger partial charge in [0.25, 0.3) is 0 Å². The van der Waals surface area contributed by atoms with Crippen molar-refractivity contribution in [1.82, 2.24) is 0 Å². The molecule has 1 rings (SSSR count). The third kappa shape index (κ3) is 4.18. The number of methoxy groups -OCH3 is 1. The minimum Gasteiger partial charge on any atom is -0.462 e. The van der Waals surface area contributed by atoms with Crippen LogP contribution in [0.3, 0.4) is 0 Å². The van der Waals surface area contributed by atoms with Crippen LogP contribution in [0.1, 0.15) is 47.2 Å². The Balaban J connectivity index is 3.19. The van der Waals surface area contributed by atoms with E-state index in [1.165, 1.54) is 11.3 Å². The molecular weight excluding hydrogens is 292 g/mol. The molecule has 3 N–H and O–H groups in total. The Kier molecular flexibility index (Phi) is 6.64. The van der Waals surface area contributed by atoms with E-state index >= 15 is 0 Å². The van der Waals surface area contributed by atoms with Gasteiger partial charge in [0, 0.05) is 19.6 Å². The van der Waals surface area contributed by atoms with Crippen LogP contribution in [0, 0.1) is 0 Å². The number of anilines is 2. The second-order valence-corrected chi connectivity index (χ2v) is 5.57. The van der Waals surface area contributed by atoms with Gasteiger partial charge in [-0.05, 0) is 13.8 Å². The second-order valence-electron chi connectivity index (χ2n) is 4.55. The van der Waals surface area contributed by atoms with Gasteiger partial charge >= 0.3 is 5.97 Å². The van der Waals surface area contributed by atoms with Crippen LogP contribution in [0.2, 0.25) is 0 Å². The number of nitrogens with two attached hydrogens (primary N) is 1. The molecule has 1 unspecified atom stereocenters. The molecule has 7 heteroatoms. The highest BCUT2D eigenvalue weighted by Crippen LogP contribution is 2.37. The number of carbonyl (C=O) groups excluding carboxylic acids is 2. The molecule has 0 aliphatic carbocycles. The molecule has 1 aromatic heterocycles. The number of rotatable bonds is 8. The van der Waals surface area contributed by atoms with Crippen molar-refractivity contribution in [2.45, 2.75) is 33.2 Å². The number of ether oxygens (including phenoxy) is 2. The van der Waals surface area contributed by atoms with Gasteiger partial charge in [-0.15, -0.1) is 11.3 Å². The number of ketones is 1. The molecule has 6 nitrogen and oxygen atoms in total. The first-order chi connectivity index (χ1) is 9.96. The van der Waals surface area contributed by atoms with Crippen LogP contribution in [0.5, 0.6) is 0 Å². The summed E-state index contributed by atoms with van der Waals surface area (Å²) in [6.07, 6.45) is 0.333. The topological polar surface area (TPSA) is 90.6 Å². The van der Waals surface area contributed by atoms with Crippen LogP contribution in [-0.4, -0.2) is 38.1 Å². The number of thiophene rings is 1. The minimum absolute atomic E-state index is 0.0224. The summed E-state index contributed by atoms with van der Waals surface area (Å²) < 4.78 is 10.1. The summed E-state index contributed by atoms with van der Waals surface area (Å²) >= 11 is 1.19. The first kappa shape index (κ1) is 17.5. The normalized spacial score (nSPS) is 12.0. The fraction of sp³-hybridized carbons (Fsp3) is 0.571.